The van der Waals surface area contributed by atoms with E-state index in [1.54, 1.807) is 6.92 Å². The second kappa shape index (κ2) is 2.77. The largest absolute Gasteiger partial charge is 0.289 e. The van der Waals surface area contributed by atoms with Crippen molar-refractivity contribution >= 4 is 21.6 Å². The molecule has 0 aromatic carbocycles. The van der Waals surface area contributed by atoms with Crippen LogP contribution in [0.5, 0.6) is 0 Å². The molecule has 2 heterocycles. The minimum atomic E-state index is -0.659. The van der Waals surface area contributed by atoms with Gasteiger partial charge < -0.3 is 0 Å². The van der Waals surface area contributed by atoms with Crippen LogP contribution in [0.2, 0.25) is 0 Å². The Kier molecular flexibility index (Phi) is 1.83. The third kappa shape index (κ3) is 1.23. The summed E-state index contributed by atoms with van der Waals surface area (Å²) in [6.07, 6.45) is 1.18. The number of imidazole rings is 1. The van der Waals surface area contributed by atoms with Crippen LogP contribution in [0.1, 0.15) is 5.69 Å². The molecule has 0 spiro atoms. The molecular weight excluding hydrogens is 242 g/mol. The van der Waals surface area contributed by atoms with Gasteiger partial charge in [-0.25, -0.2) is 13.8 Å². The zero-order valence-corrected chi connectivity index (χ0v) is 8.27. The maximum atomic E-state index is 13.1. The van der Waals surface area contributed by atoms with E-state index in [9.17, 15) is 8.78 Å². The molecule has 0 amide bonds. The molecule has 68 valence electrons. The minimum Gasteiger partial charge on any atom is -0.289 e. The Morgan fingerprint density at radius 2 is 2.15 bits per heavy atom. The molecule has 0 aliphatic heterocycles. The van der Waals surface area contributed by atoms with E-state index in [1.165, 1.54) is 10.6 Å². The lowest BCUT2D eigenvalue weighted by Gasteiger charge is -1.96. The quantitative estimate of drug-likeness (QED) is 0.699. The van der Waals surface area contributed by atoms with Gasteiger partial charge in [0.25, 0.3) is 0 Å². The van der Waals surface area contributed by atoms with Crippen LogP contribution in [-0.4, -0.2) is 9.38 Å². The lowest BCUT2D eigenvalue weighted by molar-refractivity contribution is 0.576. The summed E-state index contributed by atoms with van der Waals surface area (Å²) in [4.78, 5) is 3.93. The molecular formula is C8H5BrF2N2. The molecule has 5 heteroatoms. The van der Waals surface area contributed by atoms with E-state index in [1.807, 2.05) is 0 Å². The first kappa shape index (κ1) is 8.62. The first-order valence-corrected chi connectivity index (χ1v) is 4.38. The minimum absolute atomic E-state index is 0.130. The predicted molar refractivity (Wildman–Crippen MR) is 47.5 cm³/mol. The zero-order chi connectivity index (χ0) is 9.59. The molecule has 13 heavy (non-hydrogen) atoms. The van der Waals surface area contributed by atoms with E-state index >= 15 is 0 Å². The van der Waals surface area contributed by atoms with Crippen LogP contribution in [0.25, 0.3) is 5.65 Å². The Balaban J connectivity index is 2.94. The summed E-state index contributed by atoms with van der Waals surface area (Å²) in [7, 11) is 0. The van der Waals surface area contributed by atoms with Gasteiger partial charge in [0.1, 0.15) is 10.4 Å². The SMILES string of the molecule is Cc1nc2c(F)cc(F)cn2c1Br. The van der Waals surface area contributed by atoms with Gasteiger partial charge in [-0.2, -0.15) is 0 Å². The van der Waals surface area contributed by atoms with Gasteiger partial charge in [-0.05, 0) is 22.9 Å². The monoisotopic (exact) mass is 246 g/mol. The highest BCUT2D eigenvalue weighted by molar-refractivity contribution is 9.10. The standard InChI is InChI=1S/C8H5BrF2N2/c1-4-7(9)13-3-5(10)2-6(11)8(13)12-4/h2-3H,1H3. The Labute approximate surface area is 81.3 Å². The average Bonchev–Trinajstić information content (AvgIpc) is 2.32. The number of hydrogen-bond acceptors (Lipinski definition) is 1. The molecule has 2 nitrogen and oxygen atoms in total. The van der Waals surface area contributed by atoms with Crippen LogP contribution in [0, 0.1) is 18.6 Å². The molecule has 0 unspecified atom stereocenters. The Morgan fingerprint density at radius 1 is 1.46 bits per heavy atom. The number of aryl methyl sites for hydroxylation is 1. The van der Waals surface area contributed by atoms with Crippen molar-refractivity contribution in [3.8, 4) is 0 Å². The Bertz CT molecular complexity index is 478. The molecule has 0 N–H and O–H groups in total. The fraction of sp³-hybridized carbons (Fsp3) is 0.125. The van der Waals surface area contributed by atoms with Gasteiger partial charge in [-0.3, -0.25) is 4.40 Å². The van der Waals surface area contributed by atoms with Gasteiger partial charge in [-0.15, -0.1) is 0 Å². The first-order valence-electron chi connectivity index (χ1n) is 3.59. The fourth-order valence-corrected chi connectivity index (χ4v) is 1.52. The van der Waals surface area contributed by atoms with Crippen molar-refractivity contribution in [1.82, 2.24) is 9.38 Å². The van der Waals surface area contributed by atoms with Gasteiger partial charge in [0.05, 0.1) is 5.69 Å². The molecule has 2 aromatic heterocycles. The van der Waals surface area contributed by atoms with Crippen LogP contribution >= 0.6 is 15.9 Å². The van der Waals surface area contributed by atoms with Gasteiger partial charge in [0.15, 0.2) is 11.5 Å². The van der Waals surface area contributed by atoms with Crippen LogP contribution in [0.15, 0.2) is 16.9 Å². The Morgan fingerprint density at radius 3 is 2.85 bits per heavy atom. The molecule has 0 radical (unpaired) electrons. The van der Waals surface area contributed by atoms with Crippen molar-refractivity contribution in [2.75, 3.05) is 0 Å². The van der Waals surface area contributed by atoms with Gasteiger partial charge in [0, 0.05) is 12.3 Å². The maximum Gasteiger partial charge on any atom is 0.174 e. The van der Waals surface area contributed by atoms with Gasteiger partial charge >= 0.3 is 0 Å². The second-order valence-electron chi connectivity index (χ2n) is 2.69. The van der Waals surface area contributed by atoms with Crippen LogP contribution in [-0.2, 0) is 0 Å². The Hall–Kier alpha value is -0.970. The highest BCUT2D eigenvalue weighted by Crippen LogP contribution is 2.20. The summed E-state index contributed by atoms with van der Waals surface area (Å²) >= 11 is 3.19. The summed E-state index contributed by atoms with van der Waals surface area (Å²) in [5.41, 5.74) is 0.760. The van der Waals surface area contributed by atoms with Gasteiger partial charge in [-0.1, -0.05) is 0 Å². The highest BCUT2D eigenvalue weighted by atomic mass is 79.9. The van der Waals surface area contributed by atoms with Crippen LogP contribution in [0.4, 0.5) is 8.78 Å². The average molecular weight is 247 g/mol. The highest BCUT2D eigenvalue weighted by Gasteiger charge is 2.10. The predicted octanol–water partition coefficient (Wildman–Crippen LogP) is 2.68. The number of aromatic nitrogens is 2. The summed E-state index contributed by atoms with van der Waals surface area (Å²) in [6.45, 7) is 1.72. The van der Waals surface area contributed by atoms with Crippen LogP contribution < -0.4 is 0 Å². The third-order valence-electron chi connectivity index (χ3n) is 1.74. The number of fused-ring (bicyclic) bond motifs is 1. The van der Waals surface area contributed by atoms with E-state index in [2.05, 4.69) is 20.9 Å². The first-order chi connectivity index (χ1) is 6.09. The van der Waals surface area contributed by atoms with Crippen molar-refractivity contribution in [3.05, 3.63) is 34.2 Å². The lowest BCUT2D eigenvalue weighted by atomic mass is 10.4. The molecule has 0 bridgehead atoms. The molecule has 0 aliphatic carbocycles. The van der Waals surface area contributed by atoms with E-state index < -0.39 is 11.6 Å². The van der Waals surface area contributed by atoms with E-state index in [0.29, 0.717) is 10.3 Å². The summed E-state index contributed by atoms with van der Waals surface area (Å²) < 4.78 is 27.8. The van der Waals surface area contributed by atoms with Gasteiger partial charge in [0.2, 0.25) is 0 Å². The van der Waals surface area contributed by atoms with Crippen molar-refractivity contribution < 1.29 is 8.78 Å². The van der Waals surface area contributed by atoms with E-state index in [-0.39, 0.29) is 5.65 Å². The normalized spacial score (nSPS) is 11.1. The number of nitrogens with zero attached hydrogens (tertiary/aromatic N) is 2. The maximum absolute atomic E-state index is 13.1. The molecule has 0 saturated carbocycles. The molecule has 2 rings (SSSR count). The summed E-state index contributed by atoms with van der Waals surface area (Å²) in [5.74, 6) is -1.28. The summed E-state index contributed by atoms with van der Waals surface area (Å²) in [5, 5.41) is 0. The second-order valence-corrected chi connectivity index (χ2v) is 3.44. The number of halogens is 3. The third-order valence-corrected chi connectivity index (χ3v) is 2.70. The number of pyridine rings is 1. The smallest absolute Gasteiger partial charge is 0.174 e. The van der Waals surface area contributed by atoms with Crippen LogP contribution in [0.3, 0.4) is 0 Å². The van der Waals surface area contributed by atoms with E-state index in [4.69, 9.17) is 0 Å². The number of hydrogen-bond donors (Lipinski definition) is 0. The molecule has 0 atom stereocenters. The zero-order valence-electron chi connectivity index (χ0n) is 6.68. The topological polar surface area (TPSA) is 17.3 Å². The number of rotatable bonds is 0. The van der Waals surface area contributed by atoms with Crippen molar-refractivity contribution in [1.29, 1.82) is 0 Å². The van der Waals surface area contributed by atoms with Crippen molar-refractivity contribution in [2.45, 2.75) is 6.92 Å². The lowest BCUT2D eigenvalue weighted by Crippen LogP contribution is -1.91. The molecule has 0 aliphatic rings. The molecule has 2 aromatic rings. The van der Waals surface area contributed by atoms with Crippen molar-refractivity contribution in [3.63, 3.8) is 0 Å². The summed E-state index contributed by atoms with van der Waals surface area (Å²) in [6, 6.07) is 0.814. The molecule has 0 saturated heterocycles. The molecule has 0 fully saturated rings. The fourth-order valence-electron chi connectivity index (χ4n) is 1.16. The van der Waals surface area contributed by atoms with Crippen molar-refractivity contribution in [2.24, 2.45) is 0 Å². The van der Waals surface area contributed by atoms with E-state index in [0.717, 1.165) is 6.07 Å².